The third-order valence-corrected chi connectivity index (χ3v) is 2.58. The molecule has 4 nitrogen and oxygen atoms in total. The molecule has 18 heavy (non-hydrogen) atoms. The van der Waals surface area contributed by atoms with E-state index in [2.05, 4.69) is 15.5 Å². The number of hydrogen-bond donors (Lipinski definition) is 2. The van der Waals surface area contributed by atoms with Crippen molar-refractivity contribution in [2.24, 2.45) is 0 Å². The Morgan fingerprint density at radius 2 is 2.11 bits per heavy atom. The number of carbonyl (C=O) groups is 1. The van der Waals surface area contributed by atoms with Crippen molar-refractivity contribution in [3.8, 4) is 0 Å². The average molecular weight is 249 g/mol. The molecule has 0 saturated carbocycles. The highest BCUT2D eigenvalue weighted by atomic mass is 16.1. The van der Waals surface area contributed by atoms with Crippen LogP contribution in [0, 0.1) is 6.92 Å². The topological polar surface area (TPSA) is 44.4 Å². The molecule has 1 aromatic rings. The van der Waals surface area contributed by atoms with E-state index in [1.54, 1.807) is 0 Å². The molecule has 0 fully saturated rings. The number of hydrogen-bond acceptors (Lipinski definition) is 3. The highest BCUT2D eigenvalue weighted by molar-refractivity contribution is 5.80. The van der Waals surface area contributed by atoms with Crippen LogP contribution < -0.4 is 10.6 Å². The molecule has 0 aromatic heterocycles. The van der Waals surface area contributed by atoms with Gasteiger partial charge >= 0.3 is 0 Å². The number of amides is 1. The predicted molar refractivity (Wildman–Crippen MR) is 75.8 cm³/mol. The van der Waals surface area contributed by atoms with Crippen molar-refractivity contribution in [2.75, 3.05) is 39.0 Å². The Kier molecular flexibility index (Phi) is 6.22. The Morgan fingerprint density at radius 1 is 1.33 bits per heavy atom. The van der Waals surface area contributed by atoms with Crippen LogP contribution in [0.25, 0.3) is 0 Å². The number of aryl methyl sites for hydroxylation is 1. The first-order valence-electron chi connectivity index (χ1n) is 6.30. The van der Waals surface area contributed by atoms with Crippen molar-refractivity contribution in [3.05, 3.63) is 29.8 Å². The zero-order valence-corrected chi connectivity index (χ0v) is 11.5. The lowest BCUT2D eigenvalue weighted by atomic mass is 10.2. The molecule has 0 aliphatic heterocycles. The van der Waals surface area contributed by atoms with Crippen molar-refractivity contribution in [2.45, 2.75) is 13.3 Å². The summed E-state index contributed by atoms with van der Waals surface area (Å²) in [4.78, 5) is 13.7. The first-order valence-corrected chi connectivity index (χ1v) is 6.30. The molecule has 1 rings (SSSR count). The maximum atomic E-state index is 11.6. The summed E-state index contributed by atoms with van der Waals surface area (Å²) in [5.41, 5.74) is 2.17. The van der Waals surface area contributed by atoms with E-state index in [1.807, 2.05) is 45.3 Å². The third-order valence-electron chi connectivity index (χ3n) is 2.58. The van der Waals surface area contributed by atoms with Gasteiger partial charge in [-0.05, 0) is 51.7 Å². The molecular formula is C14H23N3O. The molecule has 4 heteroatoms. The molecule has 0 aliphatic carbocycles. The molecule has 100 valence electrons. The minimum atomic E-state index is 0.0373. The van der Waals surface area contributed by atoms with Gasteiger partial charge in [-0.15, -0.1) is 0 Å². The Bertz CT molecular complexity index is 377. The maximum Gasteiger partial charge on any atom is 0.239 e. The predicted octanol–water partition coefficient (Wildman–Crippen LogP) is 1.47. The maximum absolute atomic E-state index is 11.6. The van der Waals surface area contributed by atoms with Crippen LogP contribution in [0.4, 0.5) is 5.69 Å². The summed E-state index contributed by atoms with van der Waals surface area (Å²) in [6, 6.07) is 8.00. The van der Waals surface area contributed by atoms with Gasteiger partial charge in [-0.2, -0.15) is 0 Å². The molecule has 0 heterocycles. The Hall–Kier alpha value is -1.55. The second kappa shape index (κ2) is 7.71. The second-order valence-corrected chi connectivity index (χ2v) is 4.73. The van der Waals surface area contributed by atoms with Gasteiger partial charge in [0.15, 0.2) is 0 Å². The van der Waals surface area contributed by atoms with Crippen LogP contribution in [0.2, 0.25) is 0 Å². The summed E-state index contributed by atoms with van der Waals surface area (Å²) in [7, 11) is 4.06. The van der Waals surface area contributed by atoms with E-state index in [0.29, 0.717) is 6.54 Å². The van der Waals surface area contributed by atoms with E-state index in [9.17, 15) is 4.79 Å². The van der Waals surface area contributed by atoms with Crippen molar-refractivity contribution >= 4 is 11.6 Å². The zero-order chi connectivity index (χ0) is 13.4. The Balaban J connectivity index is 2.17. The van der Waals surface area contributed by atoms with Crippen LogP contribution in [-0.4, -0.2) is 44.5 Å². The molecule has 0 aliphatic rings. The van der Waals surface area contributed by atoms with Gasteiger partial charge in [0, 0.05) is 12.2 Å². The zero-order valence-electron chi connectivity index (χ0n) is 11.5. The number of benzene rings is 1. The van der Waals surface area contributed by atoms with Crippen LogP contribution in [0.5, 0.6) is 0 Å². The Labute approximate surface area is 109 Å². The van der Waals surface area contributed by atoms with Crippen molar-refractivity contribution in [1.29, 1.82) is 0 Å². The van der Waals surface area contributed by atoms with Gasteiger partial charge in [-0.25, -0.2) is 0 Å². The lowest BCUT2D eigenvalue weighted by Crippen LogP contribution is -2.31. The molecule has 0 radical (unpaired) electrons. The van der Waals surface area contributed by atoms with Crippen molar-refractivity contribution < 1.29 is 4.79 Å². The number of nitrogens with one attached hydrogen (secondary N) is 2. The summed E-state index contributed by atoms with van der Waals surface area (Å²) >= 11 is 0. The van der Waals surface area contributed by atoms with Gasteiger partial charge < -0.3 is 15.5 Å². The lowest BCUT2D eigenvalue weighted by Gasteiger charge is -2.10. The van der Waals surface area contributed by atoms with Gasteiger partial charge in [0.2, 0.25) is 5.91 Å². The van der Waals surface area contributed by atoms with E-state index < -0.39 is 0 Å². The fourth-order valence-electron chi connectivity index (χ4n) is 1.62. The van der Waals surface area contributed by atoms with Gasteiger partial charge in [-0.3, -0.25) is 4.79 Å². The third kappa shape index (κ3) is 6.25. The second-order valence-electron chi connectivity index (χ2n) is 4.73. The smallest absolute Gasteiger partial charge is 0.239 e. The van der Waals surface area contributed by atoms with Gasteiger partial charge in [0.1, 0.15) is 0 Å². The number of anilines is 1. The number of nitrogens with zero attached hydrogens (tertiary/aromatic N) is 1. The summed E-state index contributed by atoms with van der Waals surface area (Å²) < 4.78 is 0. The fourth-order valence-corrected chi connectivity index (χ4v) is 1.62. The molecule has 0 bridgehead atoms. The van der Waals surface area contributed by atoms with E-state index in [-0.39, 0.29) is 5.91 Å². The molecule has 1 amide bonds. The van der Waals surface area contributed by atoms with Crippen LogP contribution in [0.1, 0.15) is 12.0 Å². The average Bonchev–Trinajstić information content (AvgIpc) is 2.32. The quantitative estimate of drug-likeness (QED) is 0.719. The first kappa shape index (κ1) is 14.5. The minimum absolute atomic E-state index is 0.0373. The summed E-state index contributed by atoms with van der Waals surface area (Å²) in [6.45, 7) is 4.08. The normalized spacial score (nSPS) is 10.4. The largest absolute Gasteiger partial charge is 0.376 e. The standard InChI is InChI=1S/C14H23N3O/c1-12-6-4-7-13(10-12)16-11-14(18)15-8-5-9-17(2)3/h4,6-7,10,16H,5,8-9,11H2,1-3H3,(H,15,18). The van der Waals surface area contributed by atoms with Crippen LogP contribution in [0.15, 0.2) is 24.3 Å². The monoisotopic (exact) mass is 249 g/mol. The molecule has 0 spiro atoms. The SMILES string of the molecule is Cc1cccc(NCC(=O)NCCCN(C)C)c1. The van der Waals surface area contributed by atoms with E-state index in [0.717, 1.165) is 25.2 Å². The van der Waals surface area contributed by atoms with Crippen molar-refractivity contribution in [1.82, 2.24) is 10.2 Å². The minimum Gasteiger partial charge on any atom is -0.376 e. The summed E-state index contributed by atoms with van der Waals surface area (Å²) in [5.74, 6) is 0.0373. The molecule has 0 saturated heterocycles. The molecule has 1 aromatic carbocycles. The van der Waals surface area contributed by atoms with Gasteiger partial charge in [0.05, 0.1) is 6.54 Å². The van der Waals surface area contributed by atoms with Crippen LogP contribution in [0.3, 0.4) is 0 Å². The molecular weight excluding hydrogens is 226 g/mol. The van der Waals surface area contributed by atoms with Crippen molar-refractivity contribution in [3.63, 3.8) is 0 Å². The summed E-state index contributed by atoms with van der Waals surface area (Å²) in [5, 5.41) is 6.01. The van der Waals surface area contributed by atoms with E-state index >= 15 is 0 Å². The summed E-state index contributed by atoms with van der Waals surface area (Å²) in [6.07, 6.45) is 0.975. The number of carbonyl (C=O) groups excluding carboxylic acids is 1. The van der Waals surface area contributed by atoms with E-state index in [4.69, 9.17) is 0 Å². The first-order chi connectivity index (χ1) is 8.58. The van der Waals surface area contributed by atoms with Crippen LogP contribution in [-0.2, 0) is 4.79 Å². The fraction of sp³-hybridized carbons (Fsp3) is 0.500. The van der Waals surface area contributed by atoms with Gasteiger partial charge in [0.25, 0.3) is 0 Å². The molecule has 0 atom stereocenters. The van der Waals surface area contributed by atoms with Gasteiger partial charge in [-0.1, -0.05) is 12.1 Å². The lowest BCUT2D eigenvalue weighted by molar-refractivity contribution is -0.119. The van der Waals surface area contributed by atoms with Crippen LogP contribution >= 0.6 is 0 Å². The highest BCUT2D eigenvalue weighted by Crippen LogP contribution is 2.08. The highest BCUT2D eigenvalue weighted by Gasteiger charge is 2.00. The molecule has 0 unspecified atom stereocenters. The van der Waals surface area contributed by atoms with E-state index in [1.165, 1.54) is 5.56 Å². The number of rotatable bonds is 7. The Morgan fingerprint density at radius 3 is 2.78 bits per heavy atom. The molecule has 2 N–H and O–H groups in total.